The monoisotopic (exact) mass is 397 g/mol. The van der Waals surface area contributed by atoms with Gasteiger partial charge in [-0.25, -0.2) is 0 Å². The van der Waals surface area contributed by atoms with Gasteiger partial charge in [0, 0.05) is 16.9 Å². The molecule has 1 amide bonds. The van der Waals surface area contributed by atoms with Gasteiger partial charge in [-0.3, -0.25) is 4.79 Å². The fourth-order valence-electron chi connectivity index (χ4n) is 3.26. The molecule has 2 aromatic heterocycles. The van der Waals surface area contributed by atoms with Gasteiger partial charge in [-0.05, 0) is 18.9 Å². The molecule has 4 rings (SSSR count). The Labute approximate surface area is 167 Å². The number of rotatable bonds is 8. The molecule has 0 aliphatic heterocycles. The molecule has 2 heterocycles. The van der Waals surface area contributed by atoms with E-state index in [0.29, 0.717) is 41.5 Å². The Kier molecular flexibility index (Phi) is 6.06. The Morgan fingerprint density at radius 3 is 2.79 bits per heavy atom. The summed E-state index contributed by atoms with van der Waals surface area (Å²) in [6.07, 6.45) is 5.07. The van der Waals surface area contributed by atoms with Gasteiger partial charge in [-0.2, -0.15) is 4.52 Å². The molecule has 0 spiro atoms. The highest BCUT2D eigenvalue weighted by Gasteiger charge is 2.16. The lowest BCUT2D eigenvalue weighted by Gasteiger charge is -2.10. The Hall–Kier alpha value is -2.61. The average molecular weight is 398 g/mol. The molecule has 0 atom stereocenters. The van der Waals surface area contributed by atoms with Crippen LogP contribution in [0.25, 0.3) is 17.0 Å². The van der Waals surface area contributed by atoms with Crippen LogP contribution in [0.4, 0.5) is 0 Å². The number of ether oxygens (including phenoxy) is 1. The minimum absolute atomic E-state index is 0.0640. The van der Waals surface area contributed by atoms with Gasteiger partial charge in [-0.1, -0.05) is 43.2 Å². The van der Waals surface area contributed by atoms with Crippen LogP contribution in [0.5, 0.6) is 5.88 Å². The molecule has 0 bridgehead atoms. The predicted octanol–water partition coefficient (Wildman–Crippen LogP) is 2.96. The summed E-state index contributed by atoms with van der Waals surface area (Å²) in [5, 5.41) is 16.4. The zero-order chi connectivity index (χ0) is 19.2. The number of carbonyl (C=O) groups excluding carboxylic acids is 1. The second kappa shape index (κ2) is 9.05. The van der Waals surface area contributed by atoms with E-state index in [-0.39, 0.29) is 5.91 Å². The smallest absolute Gasteiger partial charge is 0.231 e. The first-order chi connectivity index (χ1) is 13.8. The van der Waals surface area contributed by atoms with Crippen LogP contribution in [-0.4, -0.2) is 49.9 Å². The average Bonchev–Trinajstić information content (AvgIpc) is 3.40. The minimum Gasteiger partial charge on any atom is -0.475 e. The SMILES string of the molecule is O=C(CSC1CCCC1)NCCOc1ccc2nnc(-c3ccccc3)n2n1. The number of nitrogens with one attached hydrogen (secondary N) is 1. The molecule has 7 nitrogen and oxygen atoms in total. The highest BCUT2D eigenvalue weighted by molar-refractivity contribution is 8.00. The largest absolute Gasteiger partial charge is 0.475 e. The van der Waals surface area contributed by atoms with E-state index >= 15 is 0 Å². The van der Waals surface area contributed by atoms with Gasteiger partial charge in [-0.15, -0.1) is 27.1 Å². The van der Waals surface area contributed by atoms with E-state index in [1.807, 2.05) is 36.4 Å². The van der Waals surface area contributed by atoms with E-state index in [0.717, 1.165) is 5.56 Å². The normalized spacial score (nSPS) is 14.4. The summed E-state index contributed by atoms with van der Waals surface area (Å²) in [6, 6.07) is 13.4. The van der Waals surface area contributed by atoms with Gasteiger partial charge in [0.15, 0.2) is 11.5 Å². The maximum atomic E-state index is 11.9. The third-order valence-electron chi connectivity index (χ3n) is 4.70. The van der Waals surface area contributed by atoms with Crippen LogP contribution in [0.1, 0.15) is 25.7 Å². The summed E-state index contributed by atoms with van der Waals surface area (Å²) < 4.78 is 7.36. The number of benzene rings is 1. The Morgan fingerprint density at radius 2 is 1.96 bits per heavy atom. The highest BCUT2D eigenvalue weighted by Crippen LogP contribution is 2.29. The summed E-state index contributed by atoms with van der Waals surface area (Å²) in [5.74, 6) is 1.72. The van der Waals surface area contributed by atoms with Crippen molar-refractivity contribution in [1.29, 1.82) is 0 Å². The molecule has 1 aliphatic rings. The molecule has 0 radical (unpaired) electrons. The molecule has 146 valence electrons. The molecule has 8 heteroatoms. The van der Waals surface area contributed by atoms with Gasteiger partial charge in [0.05, 0.1) is 12.3 Å². The third-order valence-corrected chi connectivity index (χ3v) is 6.07. The summed E-state index contributed by atoms with van der Waals surface area (Å²) in [5.41, 5.74) is 1.59. The lowest BCUT2D eigenvalue weighted by Crippen LogP contribution is -2.30. The number of amides is 1. The van der Waals surface area contributed by atoms with E-state index in [4.69, 9.17) is 4.74 Å². The molecule has 1 saturated carbocycles. The van der Waals surface area contributed by atoms with Crippen molar-refractivity contribution >= 4 is 23.3 Å². The standard InChI is InChI=1S/C20H23N5O2S/c26-18(14-28-16-8-4-5-9-16)21-12-13-27-19-11-10-17-22-23-20(25(17)24-19)15-6-2-1-3-7-15/h1-3,6-7,10-11,16H,4-5,8-9,12-14H2,(H,21,26). The quantitative estimate of drug-likeness (QED) is 0.589. The third kappa shape index (κ3) is 4.62. The van der Waals surface area contributed by atoms with Crippen molar-refractivity contribution in [2.24, 2.45) is 0 Å². The molecular formula is C20H23N5O2S. The maximum Gasteiger partial charge on any atom is 0.231 e. The lowest BCUT2D eigenvalue weighted by molar-refractivity contribution is -0.118. The number of thioether (sulfide) groups is 1. The first-order valence-electron chi connectivity index (χ1n) is 9.58. The summed E-state index contributed by atoms with van der Waals surface area (Å²) in [6.45, 7) is 0.818. The molecular weight excluding hydrogens is 374 g/mol. The molecule has 1 aliphatic carbocycles. The van der Waals surface area contributed by atoms with E-state index < -0.39 is 0 Å². The van der Waals surface area contributed by atoms with Crippen molar-refractivity contribution in [2.75, 3.05) is 18.9 Å². The van der Waals surface area contributed by atoms with Crippen molar-refractivity contribution < 1.29 is 9.53 Å². The summed E-state index contributed by atoms with van der Waals surface area (Å²) in [4.78, 5) is 11.9. The Balaban J connectivity index is 1.28. The molecule has 1 fully saturated rings. The maximum absolute atomic E-state index is 11.9. The summed E-state index contributed by atoms with van der Waals surface area (Å²) >= 11 is 1.77. The van der Waals surface area contributed by atoms with E-state index in [1.54, 1.807) is 22.3 Å². The zero-order valence-corrected chi connectivity index (χ0v) is 16.4. The number of aromatic nitrogens is 4. The number of fused-ring (bicyclic) bond motifs is 1. The Bertz CT molecular complexity index is 925. The second-order valence-electron chi connectivity index (χ2n) is 6.75. The molecule has 0 unspecified atom stereocenters. The van der Waals surface area contributed by atoms with Crippen LogP contribution < -0.4 is 10.1 Å². The van der Waals surface area contributed by atoms with Crippen LogP contribution >= 0.6 is 11.8 Å². The van der Waals surface area contributed by atoms with E-state index in [1.165, 1.54) is 25.7 Å². The molecule has 0 saturated heterocycles. The zero-order valence-electron chi connectivity index (χ0n) is 15.6. The van der Waals surface area contributed by atoms with Gasteiger partial charge in [0.1, 0.15) is 6.61 Å². The lowest BCUT2D eigenvalue weighted by atomic mass is 10.2. The van der Waals surface area contributed by atoms with Gasteiger partial charge >= 0.3 is 0 Å². The van der Waals surface area contributed by atoms with Crippen LogP contribution in [0, 0.1) is 0 Å². The van der Waals surface area contributed by atoms with Gasteiger partial charge in [0.25, 0.3) is 0 Å². The number of carbonyl (C=O) groups is 1. The highest BCUT2D eigenvalue weighted by atomic mass is 32.2. The number of hydrogen-bond donors (Lipinski definition) is 1. The first kappa shape index (κ1) is 18.7. The Morgan fingerprint density at radius 1 is 1.14 bits per heavy atom. The number of hydrogen-bond acceptors (Lipinski definition) is 6. The fraction of sp³-hybridized carbons (Fsp3) is 0.400. The molecule has 1 N–H and O–H groups in total. The topological polar surface area (TPSA) is 81.4 Å². The van der Waals surface area contributed by atoms with Crippen LogP contribution in [0.15, 0.2) is 42.5 Å². The van der Waals surface area contributed by atoms with Crippen molar-refractivity contribution in [3.05, 3.63) is 42.5 Å². The van der Waals surface area contributed by atoms with Crippen LogP contribution in [0.3, 0.4) is 0 Å². The van der Waals surface area contributed by atoms with Crippen molar-refractivity contribution in [3.63, 3.8) is 0 Å². The van der Waals surface area contributed by atoms with Gasteiger partial charge < -0.3 is 10.1 Å². The minimum atomic E-state index is 0.0640. The molecule has 1 aromatic carbocycles. The molecule has 3 aromatic rings. The predicted molar refractivity (Wildman–Crippen MR) is 109 cm³/mol. The summed E-state index contributed by atoms with van der Waals surface area (Å²) in [7, 11) is 0. The second-order valence-corrected chi connectivity index (χ2v) is 8.04. The van der Waals surface area contributed by atoms with Crippen LogP contribution in [-0.2, 0) is 4.79 Å². The fourth-order valence-corrected chi connectivity index (χ4v) is 4.42. The van der Waals surface area contributed by atoms with Crippen molar-refractivity contribution in [1.82, 2.24) is 25.1 Å². The molecule has 28 heavy (non-hydrogen) atoms. The van der Waals surface area contributed by atoms with Crippen molar-refractivity contribution in [2.45, 2.75) is 30.9 Å². The first-order valence-corrected chi connectivity index (χ1v) is 10.6. The number of nitrogens with zero attached hydrogens (tertiary/aromatic N) is 4. The van der Waals surface area contributed by atoms with E-state index in [2.05, 4.69) is 20.6 Å². The van der Waals surface area contributed by atoms with Gasteiger partial charge in [0.2, 0.25) is 11.8 Å². The van der Waals surface area contributed by atoms with E-state index in [9.17, 15) is 4.79 Å². The van der Waals surface area contributed by atoms with Crippen LogP contribution in [0.2, 0.25) is 0 Å². The van der Waals surface area contributed by atoms with Crippen molar-refractivity contribution in [3.8, 4) is 17.3 Å².